The van der Waals surface area contributed by atoms with E-state index < -0.39 is 0 Å². The maximum atomic E-state index is 11.6. The lowest BCUT2D eigenvalue weighted by Gasteiger charge is -2.20. The Hall–Kier alpha value is -3.08. The number of hydrogen-bond acceptors (Lipinski definition) is 5. The third kappa shape index (κ3) is 3.72. The van der Waals surface area contributed by atoms with Gasteiger partial charge in [0.05, 0.1) is 25.3 Å². The van der Waals surface area contributed by atoms with Gasteiger partial charge >= 0.3 is 0 Å². The molecular weight excluding hydrogens is 342 g/mol. The molecule has 1 heterocycles. The predicted molar refractivity (Wildman–Crippen MR) is 105 cm³/mol. The van der Waals surface area contributed by atoms with Crippen LogP contribution in [0.25, 0.3) is 10.9 Å². The highest BCUT2D eigenvalue weighted by molar-refractivity contribution is 5.89. The summed E-state index contributed by atoms with van der Waals surface area (Å²) in [6, 6.07) is 11.1. The first-order valence-electron chi connectivity index (χ1n) is 8.65. The molecule has 0 saturated carbocycles. The molecule has 0 saturated heterocycles. The van der Waals surface area contributed by atoms with E-state index in [4.69, 9.17) is 14.2 Å². The number of benzene rings is 2. The highest BCUT2D eigenvalue weighted by Gasteiger charge is 2.17. The van der Waals surface area contributed by atoms with Crippen molar-refractivity contribution >= 4 is 17.2 Å². The van der Waals surface area contributed by atoms with E-state index in [0.29, 0.717) is 34.1 Å². The smallest absolute Gasteiger partial charge is 0.162 e. The second kappa shape index (κ2) is 7.27. The number of fused-ring (bicyclic) bond motifs is 1. The number of pyridine rings is 1. The van der Waals surface area contributed by atoms with Crippen molar-refractivity contribution in [3.63, 3.8) is 0 Å². The number of hydrogen-bond donors (Lipinski definition) is 0. The number of nitrogens with zero attached hydrogens (tertiary/aromatic N) is 1. The fourth-order valence-electron chi connectivity index (χ4n) is 2.85. The molecule has 0 spiro atoms. The molecule has 0 atom stereocenters. The van der Waals surface area contributed by atoms with E-state index in [9.17, 15) is 4.79 Å². The van der Waals surface area contributed by atoms with E-state index in [2.05, 4.69) is 25.8 Å². The second-order valence-corrected chi connectivity index (χ2v) is 7.26. The third-order valence-corrected chi connectivity index (χ3v) is 4.43. The van der Waals surface area contributed by atoms with Crippen LogP contribution in [0.5, 0.6) is 23.0 Å². The molecule has 0 aliphatic heterocycles. The average Bonchev–Trinajstić information content (AvgIpc) is 2.66. The van der Waals surface area contributed by atoms with Gasteiger partial charge in [-0.15, -0.1) is 0 Å². The SMILES string of the molecule is COc1cc2nccc(Oc3ccc(C(C)(C)C)cc3C=O)c2cc1OC. The van der Waals surface area contributed by atoms with Gasteiger partial charge in [0.2, 0.25) is 0 Å². The summed E-state index contributed by atoms with van der Waals surface area (Å²) in [5.41, 5.74) is 2.24. The van der Waals surface area contributed by atoms with Gasteiger partial charge in [-0.1, -0.05) is 26.8 Å². The van der Waals surface area contributed by atoms with Crippen LogP contribution in [0.1, 0.15) is 36.7 Å². The molecule has 0 N–H and O–H groups in total. The van der Waals surface area contributed by atoms with Crippen molar-refractivity contribution in [1.29, 1.82) is 0 Å². The molecule has 0 bridgehead atoms. The van der Waals surface area contributed by atoms with Crippen LogP contribution in [-0.4, -0.2) is 25.5 Å². The number of rotatable bonds is 5. The van der Waals surface area contributed by atoms with Gasteiger partial charge in [-0.2, -0.15) is 0 Å². The predicted octanol–water partition coefficient (Wildman–Crippen LogP) is 5.15. The normalized spacial score (nSPS) is 11.3. The van der Waals surface area contributed by atoms with Gasteiger partial charge in [-0.25, -0.2) is 0 Å². The van der Waals surface area contributed by atoms with E-state index in [1.807, 2.05) is 24.3 Å². The molecule has 140 valence electrons. The summed E-state index contributed by atoms with van der Waals surface area (Å²) in [4.78, 5) is 16.0. The van der Waals surface area contributed by atoms with Crippen LogP contribution in [0.2, 0.25) is 0 Å². The Labute approximate surface area is 158 Å². The van der Waals surface area contributed by atoms with Crippen LogP contribution in [0.15, 0.2) is 42.6 Å². The summed E-state index contributed by atoms with van der Waals surface area (Å²) in [5.74, 6) is 2.27. The standard InChI is InChI=1S/C22H23NO4/c1-22(2,3)15-6-7-18(14(10-15)13-24)27-19-8-9-23-17-12-21(26-5)20(25-4)11-16(17)19/h6-13H,1-5H3. The lowest BCUT2D eigenvalue weighted by molar-refractivity contribution is 0.112. The minimum absolute atomic E-state index is 0.0520. The molecule has 1 aromatic heterocycles. The summed E-state index contributed by atoms with van der Waals surface area (Å²) in [5, 5.41) is 0.770. The molecule has 0 aliphatic carbocycles. The van der Waals surface area contributed by atoms with Gasteiger partial charge in [0.25, 0.3) is 0 Å². The van der Waals surface area contributed by atoms with Crippen molar-refractivity contribution in [3.05, 3.63) is 53.7 Å². The van der Waals surface area contributed by atoms with Crippen LogP contribution in [0, 0.1) is 0 Å². The fourth-order valence-corrected chi connectivity index (χ4v) is 2.85. The average molecular weight is 365 g/mol. The number of aldehydes is 1. The van der Waals surface area contributed by atoms with Crippen molar-refractivity contribution in [2.75, 3.05) is 14.2 Å². The highest BCUT2D eigenvalue weighted by Crippen LogP contribution is 2.38. The Morgan fingerprint density at radius 2 is 1.59 bits per heavy atom. The molecule has 5 nitrogen and oxygen atoms in total. The minimum Gasteiger partial charge on any atom is -0.493 e. The van der Waals surface area contributed by atoms with Gasteiger partial charge in [-0.05, 0) is 35.2 Å². The number of aromatic nitrogens is 1. The topological polar surface area (TPSA) is 57.7 Å². The summed E-state index contributed by atoms with van der Waals surface area (Å²) in [7, 11) is 3.16. The zero-order chi connectivity index (χ0) is 19.6. The first-order valence-corrected chi connectivity index (χ1v) is 8.65. The van der Waals surface area contributed by atoms with Crippen molar-refractivity contribution < 1.29 is 19.0 Å². The first kappa shape index (κ1) is 18.7. The van der Waals surface area contributed by atoms with Crippen LogP contribution < -0.4 is 14.2 Å². The summed E-state index contributed by atoms with van der Waals surface area (Å²) in [6.45, 7) is 6.31. The van der Waals surface area contributed by atoms with E-state index in [1.165, 1.54) is 0 Å². The third-order valence-electron chi connectivity index (χ3n) is 4.43. The van der Waals surface area contributed by atoms with Crippen molar-refractivity contribution in [2.45, 2.75) is 26.2 Å². The zero-order valence-corrected chi connectivity index (χ0v) is 16.2. The van der Waals surface area contributed by atoms with Gasteiger partial charge < -0.3 is 14.2 Å². The molecule has 0 fully saturated rings. The second-order valence-electron chi connectivity index (χ2n) is 7.26. The molecule has 0 amide bonds. The Balaban J connectivity index is 2.08. The number of methoxy groups -OCH3 is 2. The van der Waals surface area contributed by atoms with Crippen LogP contribution in [0.4, 0.5) is 0 Å². The van der Waals surface area contributed by atoms with E-state index in [-0.39, 0.29) is 5.41 Å². The Morgan fingerprint density at radius 3 is 2.22 bits per heavy atom. The van der Waals surface area contributed by atoms with Crippen LogP contribution in [-0.2, 0) is 5.41 Å². The molecule has 3 aromatic rings. The zero-order valence-electron chi connectivity index (χ0n) is 16.2. The molecule has 0 aliphatic rings. The molecule has 0 unspecified atom stereocenters. The molecule has 2 aromatic carbocycles. The van der Waals surface area contributed by atoms with Crippen molar-refractivity contribution in [3.8, 4) is 23.0 Å². The quantitative estimate of drug-likeness (QED) is 0.585. The van der Waals surface area contributed by atoms with E-state index in [0.717, 1.165) is 17.2 Å². The number of ether oxygens (including phenoxy) is 3. The van der Waals surface area contributed by atoms with Gasteiger partial charge in [0.15, 0.2) is 17.8 Å². The van der Waals surface area contributed by atoms with E-state index in [1.54, 1.807) is 32.5 Å². The molecule has 3 rings (SSSR count). The summed E-state index contributed by atoms with van der Waals surface area (Å²) < 4.78 is 16.8. The van der Waals surface area contributed by atoms with Crippen LogP contribution in [0.3, 0.4) is 0 Å². The van der Waals surface area contributed by atoms with Gasteiger partial charge in [-0.3, -0.25) is 9.78 Å². The minimum atomic E-state index is -0.0520. The molecule has 5 heteroatoms. The molecule has 0 radical (unpaired) electrons. The van der Waals surface area contributed by atoms with Gasteiger partial charge in [0, 0.05) is 17.6 Å². The fraction of sp³-hybridized carbons (Fsp3) is 0.273. The lowest BCUT2D eigenvalue weighted by Crippen LogP contribution is -2.11. The Morgan fingerprint density at radius 1 is 0.889 bits per heavy atom. The summed E-state index contributed by atoms with van der Waals surface area (Å²) in [6.07, 6.45) is 2.48. The Kier molecular flexibility index (Phi) is 5.04. The monoisotopic (exact) mass is 365 g/mol. The number of carbonyl (C=O) groups is 1. The highest BCUT2D eigenvalue weighted by atomic mass is 16.5. The summed E-state index contributed by atoms with van der Waals surface area (Å²) >= 11 is 0. The maximum absolute atomic E-state index is 11.6. The Bertz CT molecular complexity index is 990. The lowest BCUT2D eigenvalue weighted by atomic mass is 9.86. The first-order chi connectivity index (χ1) is 12.9. The largest absolute Gasteiger partial charge is 0.493 e. The molecule has 27 heavy (non-hydrogen) atoms. The van der Waals surface area contributed by atoms with E-state index >= 15 is 0 Å². The molecular formula is C22H23NO4. The van der Waals surface area contributed by atoms with Crippen LogP contribution >= 0.6 is 0 Å². The number of carbonyl (C=O) groups excluding carboxylic acids is 1. The van der Waals surface area contributed by atoms with Crippen molar-refractivity contribution in [2.24, 2.45) is 0 Å². The van der Waals surface area contributed by atoms with Crippen molar-refractivity contribution in [1.82, 2.24) is 4.98 Å². The maximum Gasteiger partial charge on any atom is 0.162 e. The van der Waals surface area contributed by atoms with Gasteiger partial charge in [0.1, 0.15) is 11.5 Å².